The minimum atomic E-state index is -0.267. The van der Waals surface area contributed by atoms with E-state index in [9.17, 15) is 9.59 Å². The van der Waals surface area contributed by atoms with Crippen LogP contribution in [-0.2, 0) is 25.5 Å². The van der Waals surface area contributed by atoms with Gasteiger partial charge in [0.15, 0.2) is 0 Å². The number of nitrogens with one attached hydrogen (secondary N) is 1. The summed E-state index contributed by atoms with van der Waals surface area (Å²) in [6.45, 7) is 9.59. The molecule has 0 aliphatic carbocycles. The highest BCUT2D eigenvalue weighted by atomic mass is 16.6. The lowest BCUT2D eigenvalue weighted by Gasteiger charge is -2.33. The minimum Gasteiger partial charge on any atom is -0.463 e. The van der Waals surface area contributed by atoms with Crippen molar-refractivity contribution < 1.29 is 19.1 Å². The molecule has 1 fully saturated rings. The van der Waals surface area contributed by atoms with Gasteiger partial charge >= 0.3 is 5.97 Å². The topological polar surface area (TPSA) is 67.9 Å². The number of nitrogens with zero attached hydrogens (tertiary/aromatic N) is 1. The van der Waals surface area contributed by atoms with E-state index in [0.717, 1.165) is 25.2 Å². The third-order valence-electron chi connectivity index (χ3n) is 3.90. The molecule has 1 aliphatic heterocycles. The maximum Gasteiger partial charge on any atom is 0.310 e. The molecule has 25 heavy (non-hydrogen) atoms. The number of rotatable bonds is 7. The number of benzene rings is 1. The van der Waals surface area contributed by atoms with Crippen LogP contribution in [0.5, 0.6) is 0 Å². The number of esters is 1. The lowest BCUT2D eigenvalue weighted by Crippen LogP contribution is -2.45. The Morgan fingerprint density at radius 3 is 2.68 bits per heavy atom. The van der Waals surface area contributed by atoms with Crippen LogP contribution < -0.4 is 5.32 Å². The van der Waals surface area contributed by atoms with Crippen molar-refractivity contribution >= 4 is 17.6 Å². The number of ether oxygens (including phenoxy) is 2. The van der Waals surface area contributed by atoms with Gasteiger partial charge < -0.3 is 14.8 Å². The molecule has 6 heteroatoms. The highest BCUT2D eigenvalue weighted by Crippen LogP contribution is 2.12. The Labute approximate surface area is 149 Å². The molecule has 0 bridgehead atoms. The minimum absolute atomic E-state index is 0.0569. The lowest BCUT2D eigenvalue weighted by atomic mass is 10.1. The predicted molar refractivity (Wildman–Crippen MR) is 96.4 cm³/mol. The second-order valence-electron chi connectivity index (χ2n) is 6.88. The second kappa shape index (κ2) is 9.53. The second-order valence-corrected chi connectivity index (χ2v) is 6.88. The molecule has 138 valence electrons. The first-order valence-corrected chi connectivity index (χ1v) is 8.78. The van der Waals surface area contributed by atoms with Gasteiger partial charge in [-0.2, -0.15) is 0 Å². The molecular weight excluding hydrogens is 320 g/mol. The van der Waals surface area contributed by atoms with Crippen molar-refractivity contribution in [2.75, 3.05) is 38.2 Å². The largest absolute Gasteiger partial charge is 0.463 e. The van der Waals surface area contributed by atoms with Crippen molar-refractivity contribution in [1.82, 2.24) is 4.90 Å². The van der Waals surface area contributed by atoms with Gasteiger partial charge in [0.05, 0.1) is 13.0 Å². The fourth-order valence-corrected chi connectivity index (χ4v) is 2.88. The zero-order valence-electron chi connectivity index (χ0n) is 15.3. The molecule has 1 atom stereocenters. The van der Waals surface area contributed by atoms with Crippen LogP contribution in [0, 0.1) is 5.92 Å². The van der Waals surface area contributed by atoms with Gasteiger partial charge in [0, 0.05) is 32.2 Å². The molecule has 1 N–H and O–H groups in total. The fourth-order valence-electron chi connectivity index (χ4n) is 2.88. The van der Waals surface area contributed by atoms with E-state index in [1.807, 2.05) is 12.1 Å². The molecule has 0 spiro atoms. The van der Waals surface area contributed by atoms with E-state index in [2.05, 4.69) is 24.1 Å². The first kappa shape index (κ1) is 19.4. The first-order valence-electron chi connectivity index (χ1n) is 8.78. The van der Waals surface area contributed by atoms with Crippen LogP contribution >= 0.6 is 0 Å². The van der Waals surface area contributed by atoms with Gasteiger partial charge in [-0.05, 0) is 23.6 Å². The van der Waals surface area contributed by atoms with E-state index in [4.69, 9.17) is 9.47 Å². The number of carbonyl (C=O) groups is 2. The van der Waals surface area contributed by atoms with Gasteiger partial charge in [-0.25, -0.2) is 0 Å². The van der Waals surface area contributed by atoms with Crippen molar-refractivity contribution in [3.8, 4) is 0 Å². The van der Waals surface area contributed by atoms with E-state index in [0.29, 0.717) is 18.2 Å². The summed E-state index contributed by atoms with van der Waals surface area (Å²) in [7, 11) is 0. The van der Waals surface area contributed by atoms with Crippen LogP contribution in [0.25, 0.3) is 0 Å². The Morgan fingerprint density at radius 2 is 2.04 bits per heavy atom. The van der Waals surface area contributed by atoms with Gasteiger partial charge in [-0.1, -0.05) is 26.0 Å². The molecule has 1 heterocycles. The van der Waals surface area contributed by atoms with E-state index in [1.165, 1.54) is 6.92 Å². The highest BCUT2D eigenvalue weighted by Gasteiger charge is 2.22. The zero-order valence-corrected chi connectivity index (χ0v) is 15.3. The molecule has 1 aromatic carbocycles. The number of morpholine rings is 1. The Kier molecular flexibility index (Phi) is 7.40. The van der Waals surface area contributed by atoms with Crippen molar-refractivity contribution in [1.29, 1.82) is 0 Å². The van der Waals surface area contributed by atoms with Crippen molar-refractivity contribution in [2.45, 2.75) is 33.3 Å². The fraction of sp³-hybridized carbons (Fsp3) is 0.579. The summed E-state index contributed by atoms with van der Waals surface area (Å²) in [6.07, 6.45) is 0.154. The molecule has 6 nitrogen and oxygen atoms in total. The Hall–Kier alpha value is -1.92. The SMILES string of the molecule is CC(=O)Nc1ccc(CC(=O)OCC2CN(CC(C)C)CCO2)cc1. The number of hydrogen-bond acceptors (Lipinski definition) is 5. The van der Waals surface area contributed by atoms with Crippen LogP contribution in [0.2, 0.25) is 0 Å². The van der Waals surface area contributed by atoms with Crippen LogP contribution in [0.1, 0.15) is 26.3 Å². The molecule has 1 amide bonds. The Bertz CT molecular complexity index is 571. The maximum absolute atomic E-state index is 12.0. The van der Waals surface area contributed by atoms with Crippen LogP contribution in [-0.4, -0.2) is 55.7 Å². The van der Waals surface area contributed by atoms with Gasteiger partial charge in [0.25, 0.3) is 0 Å². The molecule has 2 rings (SSSR count). The number of hydrogen-bond donors (Lipinski definition) is 1. The van der Waals surface area contributed by atoms with Crippen molar-refractivity contribution in [3.05, 3.63) is 29.8 Å². The monoisotopic (exact) mass is 348 g/mol. The Morgan fingerprint density at radius 1 is 1.32 bits per heavy atom. The molecule has 1 aromatic rings. The lowest BCUT2D eigenvalue weighted by molar-refractivity contribution is -0.149. The third kappa shape index (κ3) is 7.23. The normalized spacial score (nSPS) is 18.2. The highest BCUT2D eigenvalue weighted by molar-refractivity contribution is 5.88. The third-order valence-corrected chi connectivity index (χ3v) is 3.90. The van der Waals surface area contributed by atoms with Crippen molar-refractivity contribution in [2.24, 2.45) is 5.92 Å². The zero-order chi connectivity index (χ0) is 18.2. The van der Waals surface area contributed by atoms with Gasteiger partial charge in [0.1, 0.15) is 12.7 Å². The summed E-state index contributed by atoms with van der Waals surface area (Å²) in [6, 6.07) is 7.18. The van der Waals surface area contributed by atoms with E-state index < -0.39 is 0 Å². The molecule has 0 radical (unpaired) electrons. The van der Waals surface area contributed by atoms with E-state index in [-0.39, 0.29) is 31.0 Å². The number of amides is 1. The number of carbonyl (C=O) groups excluding carboxylic acids is 2. The van der Waals surface area contributed by atoms with E-state index in [1.54, 1.807) is 12.1 Å². The molecule has 0 saturated carbocycles. The van der Waals surface area contributed by atoms with Gasteiger partial charge in [-0.3, -0.25) is 14.5 Å². The summed E-state index contributed by atoms with van der Waals surface area (Å²) >= 11 is 0. The Balaban J connectivity index is 1.74. The smallest absolute Gasteiger partial charge is 0.310 e. The van der Waals surface area contributed by atoms with Gasteiger partial charge in [0.2, 0.25) is 5.91 Å². The summed E-state index contributed by atoms with van der Waals surface area (Å²) < 4.78 is 11.1. The van der Waals surface area contributed by atoms with Crippen LogP contribution in [0.4, 0.5) is 5.69 Å². The van der Waals surface area contributed by atoms with Gasteiger partial charge in [-0.15, -0.1) is 0 Å². The summed E-state index contributed by atoms with van der Waals surface area (Å²) in [4.78, 5) is 25.4. The first-order chi connectivity index (χ1) is 11.9. The molecule has 1 unspecified atom stereocenters. The average Bonchev–Trinajstić information content (AvgIpc) is 2.54. The summed E-state index contributed by atoms with van der Waals surface area (Å²) in [5, 5.41) is 2.69. The molecule has 0 aromatic heterocycles. The predicted octanol–water partition coefficient (Wildman–Crippen LogP) is 2.09. The molecule has 1 saturated heterocycles. The molecular formula is C19H28N2O4. The van der Waals surface area contributed by atoms with Crippen molar-refractivity contribution in [3.63, 3.8) is 0 Å². The standard InChI is InChI=1S/C19H28N2O4/c1-14(2)11-21-8-9-24-18(12-21)13-25-19(23)10-16-4-6-17(7-5-16)20-15(3)22/h4-7,14,18H,8-13H2,1-3H3,(H,20,22). The summed E-state index contributed by atoms with van der Waals surface area (Å²) in [5.74, 6) is 0.227. The van der Waals surface area contributed by atoms with Crippen LogP contribution in [0.3, 0.4) is 0 Å². The average molecular weight is 348 g/mol. The number of anilines is 1. The van der Waals surface area contributed by atoms with Crippen LogP contribution in [0.15, 0.2) is 24.3 Å². The maximum atomic E-state index is 12.0. The molecule has 1 aliphatic rings. The summed E-state index contributed by atoms with van der Waals surface area (Å²) in [5.41, 5.74) is 1.57. The quantitative estimate of drug-likeness (QED) is 0.764. The van der Waals surface area contributed by atoms with E-state index >= 15 is 0 Å².